The summed E-state index contributed by atoms with van der Waals surface area (Å²) >= 11 is 0. The van der Waals surface area contributed by atoms with Gasteiger partial charge in [-0.3, -0.25) is 9.80 Å². The number of fused-ring (bicyclic) bond motifs is 1. The van der Waals surface area contributed by atoms with Crippen LogP contribution in [0.3, 0.4) is 0 Å². The van der Waals surface area contributed by atoms with Crippen molar-refractivity contribution in [2.45, 2.75) is 44.8 Å². The van der Waals surface area contributed by atoms with Crippen molar-refractivity contribution in [2.75, 3.05) is 39.3 Å². The van der Waals surface area contributed by atoms with Gasteiger partial charge in [-0.15, -0.1) is 0 Å². The van der Waals surface area contributed by atoms with Crippen molar-refractivity contribution in [2.24, 2.45) is 0 Å². The van der Waals surface area contributed by atoms with Crippen LogP contribution in [-0.4, -0.2) is 72.4 Å². The predicted molar refractivity (Wildman–Crippen MR) is 70.2 cm³/mol. The quantitative estimate of drug-likeness (QED) is 0.717. The minimum absolute atomic E-state index is 0.232. The van der Waals surface area contributed by atoms with Crippen LogP contribution in [0.2, 0.25) is 0 Å². The van der Waals surface area contributed by atoms with E-state index in [-0.39, 0.29) is 12.6 Å². The summed E-state index contributed by atoms with van der Waals surface area (Å²) in [6, 6.07) is 1.62. The number of nitrogens with zero attached hydrogens (tertiary/aromatic N) is 2. The van der Waals surface area contributed by atoms with Gasteiger partial charge in [-0.2, -0.15) is 0 Å². The average molecular weight is 241 g/mol. The Balaban J connectivity index is 1.87. The summed E-state index contributed by atoms with van der Waals surface area (Å²) in [7, 11) is 0. The first-order valence-electron chi connectivity index (χ1n) is 7.07. The highest BCUT2D eigenvalue weighted by molar-refractivity contribution is 4.91. The van der Waals surface area contributed by atoms with Crippen LogP contribution in [0.1, 0.15) is 26.7 Å². The van der Waals surface area contributed by atoms with E-state index in [1.165, 1.54) is 32.5 Å². The molecule has 2 fully saturated rings. The summed E-state index contributed by atoms with van der Waals surface area (Å²) in [6.45, 7) is 10.2. The largest absolute Gasteiger partial charge is 0.395 e. The highest BCUT2D eigenvalue weighted by atomic mass is 16.3. The number of nitrogens with one attached hydrogen (secondary N) is 1. The molecule has 0 saturated carbocycles. The minimum atomic E-state index is 0.232. The van der Waals surface area contributed by atoms with E-state index in [9.17, 15) is 5.11 Å². The SMILES string of the molecule is CCNC(CO)CN1CC2CCCN2CC1C. The highest BCUT2D eigenvalue weighted by Crippen LogP contribution is 2.24. The smallest absolute Gasteiger partial charge is 0.0597 e. The van der Waals surface area contributed by atoms with E-state index in [4.69, 9.17) is 0 Å². The molecule has 3 atom stereocenters. The summed E-state index contributed by atoms with van der Waals surface area (Å²) in [5, 5.41) is 12.7. The lowest BCUT2D eigenvalue weighted by Crippen LogP contribution is -2.58. The molecular weight excluding hydrogens is 214 g/mol. The van der Waals surface area contributed by atoms with E-state index >= 15 is 0 Å². The topological polar surface area (TPSA) is 38.7 Å². The molecular formula is C13H27N3O. The van der Waals surface area contributed by atoms with Gasteiger partial charge in [0.15, 0.2) is 0 Å². The number of aliphatic hydroxyl groups is 1. The van der Waals surface area contributed by atoms with Crippen molar-refractivity contribution in [3.05, 3.63) is 0 Å². The lowest BCUT2D eigenvalue weighted by Gasteiger charge is -2.43. The van der Waals surface area contributed by atoms with Crippen LogP contribution in [0.4, 0.5) is 0 Å². The fourth-order valence-electron chi connectivity index (χ4n) is 3.26. The van der Waals surface area contributed by atoms with Crippen molar-refractivity contribution in [1.82, 2.24) is 15.1 Å². The highest BCUT2D eigenvalue weighted by Gasteiger charge is 2.34. The summed E-state index contributed by atoms with van der Waals surface area (Å²) in [5.41, 5.74) is 0. The number of piperazine rings is 1. The van der Waals surface area contributed by atoms with E-state index in [0.29, 0.717) is 6.04 Å². The van der Waals surface area contributed by atoms with Gasteiger partial charge in [0.25, 0.3) is 0 Å². The van der Waals surface area contributed by atoms with Gasteiger partial charge in [-0.1, -0.05) is 6.92 Å². The molecule has 2 N–H and O–H groups in total. The van der Waals surface area contributed by atoms with Crippen LogP contribution in [-0.2, 0) is 0 Å². The van der Waals surface area contributed by atoms with Crippen molar-refractivity contribution in [1.29, 1.82) is 0 Å². The van der Waals surface area contributed by atoms with Gasteiger partial charge in [0.1, 0.15) is 0 Å². The van der Waals surface area contributed by atoms with E-state index < -0.39 is 0 Å². The lowest BCUT2D eigenvalue weighted by molar-refractivity contribution is 0.0464. The average Bonchev–Trinajstić information content (AvgIpc) is 2.75. The molecule has 0 aliphatic carbocycles. The van der Waals surface area contributed by atoms with Gasteiger partial charge in [0, 0.05) is 37.8 Å². The summed E-state index contributed by atoms with van der Waals surface area (Å²) < 4.78 is 0. The molecule has 4 nitrogen and oxygen atoms in total. The second-order valence-electron chi connectivity index (χ2n) is 5.53. The fourth-order valence-corrected chi connectivity index (χ4v) is 3.26. The maximum Gasteiger partial charge on any atom is 0.0597 e. The zero-order valence-corrected chi connectivity index (χ0v) is 11.2. The van der Waals surface area contributed by atoms with Gasteiger partial charge in [-0.25, -0.2) is 0 Å². The van der Waals surface area contributed by atoms with Crippen molar-refractivity contribution >= 4 is 0 Å². The summed E-state index contributed by atoms with van der Waals surface area (Å²) in [5.74, 6) is 0. The Morgan fingerprint density at radius 3 is 2.94 bits per heavy atom. The van der Waals surface area contributed by atoms with Crippen molar-refractivity contribution < 1.29 is 5.11 Å². The molecule has 17 heavy (non-hydrogen) atoms. The summed E-state index contributed by atoms with van der Waals surface area (Å²) in [6.07, 6.45) is 2.72. The second kappa shape index (κ2) is 6.14. The third-order valence-electron chi connectivity index (χ3n) is 4.23. The first-order chi connectivity index (χ1) is 8.24. The first kappa shape index (κ1) is 13.3. The van der Waals surface area contributed by atoms with Crippen LogP contribution in [0.15, 0.2) is 0 Å². The van der Waals surface area contributed by atoms with E-state index in [0.717, 1.165) is 19.1 Å². The molecule has 0 radical (unpaired) electrons. The van der Waals surface area contributed by atoms with Crippen LogP contribution in [0, 0.1) is 0 Å². The Morgan fingerprint density at radius 2 is 2.24 bits per heavy atom. The molecule has 0 aromatic carbocycles. The van der Waals surface area contributed by atoms with Gasteiger partial charge in [0.05, 0.1) is 6.61 Å². The second-order valence-corrected chi connectivity index (χ2v) is 5.53. The molecule has 2 aliphatic heterocycles. The van der Waals surface area contributed by atoms with Gasteiger partial charge >= 0.3 is 0 Å². The molecule has 0 aromatic heterocycles. The van der Waals surface area contributed by atoms with Crippen LogP contribution >= 0.6 is 0 Å². The Bertz CT molecular complexity index is 237. The molecule has 0 amide bonds. The van der Waals surface area contributed by atoms with Crippen molar-refractivity contribution in [3.63, 3.8) is 0 Å². The molecule has 3 unspecified atom stereocenters. The van der Waals surface area contributed by atoms with Crippen LogP contribution in [0.5, 0.6) is 0 Å². The Morgan fingerprint density at radius 1 is 1.41 bits per heavy atom. The molecule has 100 valence electrons. The molecule has 2 saturated heterocycles. The molecule has 4 heteroatoms. The minimum Gasteiger partial charge on any atom is -0.395 e. The van der Waals surface area contributed by atoms with Crippen molar-refractivity contribution in [3.8, 4) is 0 Å². The van der Waals surface area contributed by atoms with E-state index in [1.807, 2.05) is 0 Å². The molecule has 2 heterocycles. The number of hydrogen-bond donors (Lipinski definition) is 2. The van der Waals surface area contributed by atoms with Gasteiger partial charge < -0.3 is 10.4 Å². The normalized spacial score (nSPS) is 32.6. The third-order valence-corrected chi connectivity index (χ3v) is 4.23. The number of hydrogen-bond acceptors (Lipinski definition) is 4. The molecule has 0 bridgehead atoms. The Hall–Kier alpha value is -0.160. The Kier molecular flexibility index (Phi) is 4.79. The number of rotatable bonds is 5. The number of likely N-dealkylation sites (N-methyl/N-ethyl adjacent to an activating group) is 1. The predicted octanol–water partition coefficient (Wildman–Crippen LogP) is 0.125. The van der Waals surface area contributed by atoms with E-state index in [2.05, 4.69) is 29.0 Å². The maximum absolute atomic E-state index is 9.36. The monoisotopic (exact) mass is 241 g/mol. The zero-order chi connectivity index (χ0) is 12.3. The standard InChI is InChI=1S/C13H27N3O/c1-3-14-12(10-17)8-16-9-13-5-4-6-15(13)7-11(16)2/h11-14,17H,3-10H2,1-2H3. The van der Waals surface area contributed by atoms with E-state index in [1.54, 1.807) is 0 Å². The maximum atomic E-state index is 9.36. The van der Waals surface area contributed by atoms with Crippen LogP contribution < -0.4 is 5.32 Å². The third kappa shape index (κ3) is 3.19. The fraction of sp³-hybridized carbons (Fsp3) is 1.00. The zero-order valence-electron chi connectivity index (χ0n) is 11.2. The van der Waals surface area contributed by atoms with Gasteiger partial charge in [-0.05, 0) is 32.9 Å². The molecule has 2 aliphatic rings. The molecule has 0 spiro atoms. The summed E-state index contributed by atoms with van der Waals surface area (Å²) in [4.78, 5) is 5.19. The number of aliphatic hydroxyl groups excluding tert-OH is 1. The van der Waals surface area contributed by atoms with Gasteiger partial charge in [0.2, 0.25) is 0 Å². The first-order valence-corrected chi connectivity index (χ1v) is 7.07. The lowest BCUT2D eigenvalue weighted by atomic mass is 10.1. The molecule has 0 aromatic rings. The van der Waals surface area contributed by atoms with Crippen LogP contribution in [0.25, 0.3) is 0 Å². The molecule has 2 rings (SSSR count). The Labute approximate surface area is 105 Å².